The molecule has 9 nitrogen and oxygen atoms in total. The number of hydrogen-bond donors (Lipinski definition) is 6. The molecule has 1 rings (SSSR count). The van der Waals surface area contributed by atoms with Crippen molar-refractivity contribution in [1.29, 1.82) is 0 Å². The monoisotopic (exact) mass is 267 g/mol. The van der Waals surface area contributed by atoms with Crippen molar-refractivity contribution in [2.24, 2.45) is 0 Å². The van der Waals surface area contributed by atoms with E-state index in [1.54, 1.807) is 0 Å². The Hall–Kier alpha value is -0.360. The van der Waals surface area contributed by atoms with Gasteiger partial charge in [0, 0.05) is 0 Å². The zero-order valence-electron chi connectivity index (χ0n) is 10.5. The summed E-state index contributed by atoms with van der Waals surface area (Å²) in [6, 6.07) is 0. The number of aliphatic hydroxyl groups is 6. The van der Waals surface area contributed by atoms with Crippen LogP contribution < -0.4 is 0 Å². The zero-order chi connectivity index (χ0) is 14.2. The highest BCUT2D eigenvalue weighted by Gasteiger charge is 2.48. The van der Waals surface area contributed by atoms with Crippen molar-refractivity contribution in [2.75, 3.05) is 0 Å². The van der Waals surface area contributed by atoms with Crippen molar-refractivity contribution in [3.63, 3.8) is 0 Å². The molecule has 6 N–H and O–H groups in total. The van der Waals surface area contributed by atoms with Crippen molar-refractivity contribution in [2.45, 2.75) is 58.5 Å². The second-order valence-electron chi connectivity index (χ2n) is 4.28. The largest absolute Gasteiger partial charge is 0.378 e. The third-order valence-electron chi connectivity index (χ3n) is 2.89. The first-order chi connectivity index (χ1) is 8.20. The summed E-state index contributed by atoms with van der Waals surface area (Å²) in [4.78, 5) is 2.44. The van der Waals surface area contributed by atoms with Gasteiger partial charge in [-0.2, -0.15) is 14.7 Å². The van der Waals surface area contributed by atoms with Gasteiger partial charge in [0.15, 0.2) is 19.1 Å². The molecule has 108 valence electrons. The highest BCUT2D eigenvalue weighted by Crippen LogP contribution is 2.26. The summed E-state index contributed by atoms with van der Waals surface area (Å²) in [7, 11) is 0. The summed E-state index contributed by atoms with van der Waals surface area (Å²) < 4.78 is 0. The second kappa shape index (κ2) is 5.74. The molecule has 1 aliphatic rings. The lowest BCUT2D eigenvalue weighted by Gasteiger charge is -2.53. The van der Waals surface area contributed by atoms with E-state index in [0.717, 1.165) is 14.7 Å². The molecule has 3 unspecified atom stereocenters. The summed E-state index contributed by atoms with van der Waals surface area (Å²) in [5.74, 6) is 0. The van der Waals surface area contributed by atoms with E-state index in [9.17, 15) is 30.6 Å². The van der Waals surface area contributed by atoms with Crippen LogP contribution in [-0.2, 0) is 0 Å². The Morgan fingerprint density at radius 1 is 0.611 bits per heavy atom. The standard InChI is InChI=1S/C9H21N3O6/c1-4(13)10-7(16)11(5(2)14)9(18)12(6(3)15)8(10)17/h4-9,13-18H,1-3H3. The first kappa shape index (κ1) is 15.7. The van der Waals surface area contributed by atoms with Crippen LogP contribution in [0.2, 0.25) is 0 Å². The molecule has 0 spiro atoms. The summed E-state index contributed by atoms with van der Waals surface area (Å²) in [6.07, 6.45) is -8.60. The third kappa shape index (κ3) is 2.64. The van der Waals surface area contributed by atoms with E-state index in [2.05, 4.69) is 0 Å². The van der Waals surface area contributed by atoms with Gasteiger partial charge in [-0.3, -0.25) is 0 Å². The van der Waals surface area contributed by atoms with Gasteiger partial charge in [0.2, 0.25) is 0 Å². The Morgan fingerprint density at radius 2 is 0.778 bits per heavy atom. The molecule has 1 saturated heterocycles. The van der Waals surface area contributed by atoms with Gasteiger partial charge < -0.3 is 30.6 Å². The summed E-state index contributed by atoms with van der Waals surface area (Å²) >= 11 is 0. The maximum absolute atomic E-state index is 9.91. The predicted molar refractivity (Wildman–Crippen MR) is 58.6 cm³/mol. The molecule has 0 aromatic rings. The predicted octanol–water partition coefficient (Wildman–Crippen LogP) is -3.25. The third-order valence-corrected chi connectivity index (χ3v) is 2.89. The normalized spacial score (nSPS) is 37.5. The number of nitrogens with zero attached hydrogens (tertiary/aromatic N) is 3. The molecule has 3 atom stereocenters. The van der Waals surface area contributed by atoms with Crippen LogP contribution in [0.5, 0.6) is 0 Å². The fourth-order valence-corrected chi connectivity index (χ4v) is 1.98. The molecule has 1 heterocycles. The van der Waals surface area contributed by atoms with Gasteiger partial charge in [0.25, 0.3) is 0 Å². The minimum absolute atomic E-state index is 0.812. The van der Waals surface area contributed by atoms with Gasteiger partial charge in [-0.25, -0.2) is 0 Å². The Bertz CT molecular complexity index is 222. The number of hydrogen-bond acceptors (Lipinski definition) is 9. The lowest BCUT2D eigenvalue weighted by atomic mass is 10.3. The smallest absolute Gasteiger partial charge is 0.175 e. The van der Waals surface area contributed by atoms with Crippen LogP contribution in [0.3, 0.4) is 0 Å². The molecule has 0 aromatic heterocycles. The molecule has 18 heavy (non-hydrogen) atoms. The molecular formula is C9H21N3O6. The van der Waals surface area contributed by atoms with Gasteiger partial charge in [-0.15, -0.1) is 0 Å². The van der Waals surface area contributed by atoms with Crippen molar-refractivity contribution < 1.29 is 30.6 Å². The highest BCUT2D eigenvalue weighted by atomic mass is 16.4. The molecule has 1 aliphatic heterocycles. The van der Waals surface area contributed by atoms with Gasteiger partial charge in [-0.1, -0.05) is 0 Å². The van der Waals surface area contributed by atoms with E-state index in [1.165, 1.54) is 20.8 Å². The topological polar surface area (TPSA) is 131 Å². The average molecular weight is 267 g/mol. The molecule has 1 fully saturated rings. The SMILES string of the molecule is CC(O)N1C(O)N(C(C)O)C(O)N(C(C)O)C1O. The fourth-order valence-electron chi connectivity index (χ4n) is 1.98. The fraction of sp³-hybridized carbons (Fsp3) is 1.00. The molecule has 0 aromatic carbocycles. The average Bonchev–Trinajstić information content (AvgIpc) is 2.14. The van der Waals surface area contributed by atoms with Crippen LogP contribution in [0, 0.1) is 0 Å². The number of aliphatic hydroxyl groups excluding tert-OH is 6. The second-order valence-corrected chi connectivity index (χ2v) is 4.28. The molecule has 9 heteroatoms. The Morgan fingerprint density at radius 3 is 0.889 bits per heavy atom. The lowest BCUT2D eigenvalue weighted by molar-refractivity contribution is -0.397. The Balaban J connectivity index is 3.10. The summed E-state index contributed by atoms with van der Waals surface area (Å²) in [5, 5.41) is 58.3. The van der Waals surface area contributed by atoms with Crippen molar-refractivity contribution in [3.8, 4) is 0 Å². The van der Waals surface area contributed by atoms with E-state index in [0.29, 0.717) is 0 Å². The lowest BCUT2D eigenvalue weighted by Crippen LogP contribution is -2.75. The van der Waals surface area contributed by atoms with Crippen LogP contribution in [0.15, 0.2) is 0 Å². The molecule has 0 amide bonds. The van der Waals surface area contributed by atoms with Crippen LogP contribution in [-0.4, -0.2) is 83.1 Å². The molecule has 0 aliphatic carbocycles. The Labute approximate surface area is 105 Å². The molecule has 0 bridgehead atoms. The van der Waals surface area contributed by atoms with Crippen molar-refractivity contribution in [1.82, 2.24) is 14.7 Å². The van der Waals surface area contributed by atoms with E-state index < -0.39 is 37.7 Å². The minimum Gasteiger partial charge on any atom is -0.378 e. The maximum Gasteiger partial charge on any atom is 0.175 e. The number of rotatable bonds is 3. The van der Waals surface area contributed by atoms with Crippen LogP contribution >= 0.6 is 0 Å². The summed E-state index contributed by atoms with van der Waals surface area (Å²) in [6.45, 7) is 3.89. The van der Waals surface area contributed by atoms with Gasteiger partial charge >= 0.3 is 0 Å². The van der Waals surface area contributed by atoms with E-state index in [1.807, 2.05) is 0 Å². The van der Waals surface area contributed by atoms with E-state index in [4.69, 9.17) is 0 Å². The van der Waals surface area contributed by atoms with Gasteiger partial charge in [-0.05, 0) is 20.8 Å². The first-order valence-electron chi connectivity index (χ1n) is 5.61. The molecule has 0 saturated carbocycles. The minimum atomic E-state index is -1.61. The first-order valence-corrected chi connectivity index (χ1v) is 5.61. The van der Waals surface area contributed by atoms with Crippen LogP contribution in [0.1, 0.15) is 20.8 Å². The highest BCUT2D eigenvalue weighted by molar-refractivity contribution is 4.80. The van der Waals surface area contributed by atoms with Crippen LogP contribution in [0.4, 0.5) is 0 Å². The Kier molecular flexibility index (Phi) is 5.00. The van der Waals surface area contributed by atoms with Crippen LogP contribution in [0.25, 0.3) is 0 Å². The van der Waals surface area contributed by atoms with Gasteiger partial charge in [0.05, 0.1) is 0 Å². The molecular weight excluding hydrogens is 246 g/mol. The van der Waals surface area contributed by atoms with Crippen molar-refractivity contribution in [3.05, 3.63) is 0 Å². The maximum atomic E-state index is 9.91. The van der Waals surface area contributed by atoms with E-state index in [-0.39, 0.29) is 0 Å². The van der Waals surface area contributed by atoms with E-state index >= 15 is 0 Å². The zero-order valence-corrected chi connectivity index (χ0v) is 10.5. The quantitative estimate of drug-likeness (QED) is 0.312. The molecule has 0 radical (unpaired) electrons. The summed E-state index contributed by atoms with van der Waals surface area (Å²) in [5.41, 5.74) is 0. The van der Waals surface area contributed by atoms with Gasteiger partial charge in [0.1, 0.15) is 18.7 Å². The van der Waals surface area contributed by atoms with Crippen molar-refractivity contribution >= 4 is 0 Å².